The fraction of sp³-hybridized carbons (Fsp3) is 0.250. The van der Waals surface area contributed by atoms with Crippen LogP contribution >= 0.6 is 0 Å². The van der Waals surface area contributed by atoms with Crippen molar-refractivity contribution in [2.24, 2.45) is 0 Å². The second-order valence-electron chi connectivity index (χ2n) is 5.44. The van der Waals surface area contributed by atoms with Gasteiger partial charge in [-0.3, -0.25) is 4.72 Å². The molecule has 0 aromatic heterocycles. The highest BCUT2D eigenvalue weighted by molar-refractivity contribution is 7.92. The second-order valence-corrected chi connectivity index (χ2v) is 9.28. The fourth-order valence-corrected chi connectivity index (χ4v) is 4.15. The summed E-state index contributed by atoms with van der Waals surface area (Å²) >= 11 is 0. The van der Waals surface area contributed by atoms with Crippen LogP contribution in [-0.4, -0.2) is 41.8 Å². The molecule has 0 saturated heterocycles. The third-order valence-corrected chi connectivity index (χ3v) is 6.63. The van der Waals surface area contributed by atoms with Gasteiger partial charge in [-0.1, -0.05) is 18.2 Å². The normalized spacial score (nSPS) is 12.2. The maximum absolute atomic E-state index is 12.6. The van der Waals surface area contributed by atoms with E-state index in [4.69, 9.17) is 0 Å². The van der Waals surface area contributed by atoms with Crippen LogP contribution < -0.4 is 10.0 Å². The summed E-state index contributed by atoms with van der Waals surface area (Å²) in [5, 5.41) is 3.02. The Labute approximate surface area is 148 Å². The standard InChI is InChI=1S/C16H21N3O4S2/c1-4-17-15-11-10-14(25(22,23)19(2)3)12-16(15)18-24(20,21)13-8-6-5-7-9-13/h5-12,17-18H,4H2,1-3H3. The van der Waals surface area contributed by atoms with Gasteiger partial charge in [-0.25, -0.2) is 21.1 Å². The first kappa shape index (κ1) is 19.2. The molecular weight excluding hydrogens is 362 g/mol. The smallest absolute Gasteiger partial charge is 0.261 e. The topological polar surface area (TPSA) is 95.6 Å². The first-order chi connectivity index (χ1) is 11.7. The third kappa shape index (κ3) is 4.30. The molecule has 25 heavy (non-hydrogen) atoms. The number of hydrogen-bond donors (Lipinski definition) is 2. The zero-order valence-electron chi connectivity index (χ0n) is 14.2. The molecule has 0 bridgehead atoms. The summed E-state index contributed by atoms with van der Waals surface area (Å²) in [5.41, 5.74) is 0.674. The van der Waals surface area contributed by atoms with Gasteiger partial charge in [0.1, 0.15) is 0 Å². The van der Waals surface area contributed by atoms with Crippen molar-refractivity contribution in [1.29, 1.82) is 0 Å². The molecule has 0 atom stereocenters. The second kappa shape index (κ2) is 7.42. The van der Waals surface area contributed by atoms with Crippen LogP contribution in [0.1, 0.15) is 6.92 Å². The van der Waals surface area contributed by atoms with Crippen molar-refractivity contribution in [2.75, 3.05) is 30.7 Å². The molecule has 0 aliphatic heterocycles. The maximum atomic E-state index is 12.6. The minimum Gasteiger partial charge on any atom is -0.384 e. The molecule has 0 amide bonds. The Kier molecular flexibility index (Phi) is 5.71. The summed E-state index contributed by atoms with van der Waals surface area (Å²) in [6.07, 6.45) is 0. The Bertz CT molecular complexity index is 941. The van der Waals surface area contributed by atoms with Crippen molar-refractivity contribution in [3.63, 3.8) is 0 Å². The Morgan fingerprint density at radius 1 is 0.880 bits per heavy atom. The lowest BCUT2D eigenvalue weighted by Crippen LogP contribution is -2.22. The molecule has 7 nitrogen and oxygen atoms in total. The quantitative estimate of drug-likeness (QED) is 0.764. The Hall–Kier alpha value is -2.10. The molecule has 9 heteroatoms. The van der Waals surface area contributed by atoms with Gasteiger partial charge in [0, 0.05) is 20.6 Å². The lowest BCUT2D eigenvalue weighted by Gasteiger charge is -2.17. The largest absolute Gasteiger partial charge is 0.384 e. The number of hydrogen-bond acceptors (Lipinski definition) is 5. The number of nitrogens with zero attached hydrogens (tertiary/aromatic N) is 1. The molecule has 0 unspecified atom stereocenters. The average Bonchev–Trinajstić information content (AvgIpc) is 2.57. The summed E-state index contributed by atoms with van der Waals surface area (Å²) in [7, 11) is -4.68. The first-order valence-corrected chi connectivity index (χ1v) is 10.5. The van der Waals surface area contributed by atoms with Crippen LogP contribution in [0, 0.1) is 0 Å². The summed E-state index contributed by atoms with van der Waals surface area (Å²) in [6.45, 7) is 2.42. The van der Waals surface area contributed by atoms with E-state index in [0.717, 1.165) is 4.31 Å². The van der Waals surface area contributed by atoms with Gasteiger partial charge in [-0.15, -0.1) is 0 Å². The van der Waals surface area contributed by atoms with E-state index in [0.29, 0.717) is 12.2 Å². The average molecular weight is 383 g/mol. The van der Waals surface area contributed by atoms with Crippen LogP contribution in [0.25, 0.3) is 0 Å². The van der Waals surface area contributed by atoms with Crippen LogP contribution in [-0.2, 0) is 20.0 Å². The molecule has 2 aromatic rings. The van der Waals surface area contributed by atoms with Crippen molar-refractivity contribution < 1.29 is 16.8 Å². The molecule has 2 rings (SSSR count). The van der Waals surface area contributed by atoms with Crippen molar-refractivity contribution in [3.05, 3.63) is 48.5 Å². The molecule has 0 saturated carbocycles. The Morgan fingerprint density at radius 3 is 2.08 bits per heavy atom. The number of rotatable bonds is 7. The van der Waals surface area contributed by atoms with Gasteiger partial charge in [-0.2, -0.15) is 0 Å². The lowest BCUT2D eigenvalue weighted by molar-refractivity contribution is 0.521. The van der Waals surface area contributed by atoms with Gasteiger partial charge in [0.15, 0.2) is 0 Å². The zero-order chi connectivity index (χ0) is 18.7. The van der Waals surface area contributed by atoms with E-state index in [-0.39, 0.29) is 15.5 Å². The first-order valence-electron chi connectivity index (χ1n) is 7.57. The number of sulfonamides is 2. The van der Waals surface area contributed by atoms with E-state index in [2.05, 4.69) is 10.0 Å². The number of anilines is 2. The zero-order valence-corrected chi connectivity index (χ0v) is 15.9. The third-order valence-electron chi connectivity index (χ3n) is 3.43. The number of benzene rings is 2. The summed E-state index contributed by atoms with van der Waals surface area (Å²) in [5.74, 6) is 0. The van der Waals surface area contributed by atoms with E-state index in [9.17, 15) is 16.8 Å². The molecule has 0 heterocycles. The molecule has 136 valence electrons. The van der Waals surface area contributed by atoms with Crippen molar-refractivity contribution in [2.45, 2.75) is 16.7 Å². The summed E-state index contributed by atoms with van der Waals surface area (Å²) < 4.78 is 53.3. The minimum absolute atomic E-state index is 0.00455. The van der Waals surface area contributed by atoms with Crippen molar-refractivity contribution in [3.8, 4) is 0 Å². The van der Waals surface area contributed by atoms with E-state index in [1.807, 2.05) is 6.92 Å². The fourth-order valence-electron chi connectivity index (χ4n) is 2.13. The predicted molar refractivity (Wildman–Crippen MR) is 98.7 cm³/mol. The molecule has 0 aliphatic carbocycles. The monoisotopic (exact) mass is 383 g/mol. The van der Waals surface area contributed by atoms with E-state index in [1.54, 1.807) is 24.3 Å². The van der Waals surface area contributed by atoms with Gasteiger partial charge >= 0.3 is 0 Å². The highest BCUT2D eigenvalue weighted by Crippen LogP contribution is 2.28. The molecule has 0 radical (unpaired) electrons. The van der Waals surface area contributed by atoms with Crippen LogP contribution in [0.4, 0.5) is 11.4 Å². The molecule has 0 spiro atoms. The SMILES string of the molecule is CCNc1ccc(S(=O)(=O)N(C)C)cc1NS(=O)(=O)c1ccccc1. The Balaban J connectivity index is 2.51. The molecule has 2 aromatic carbocycles. The van der Waals surface area contributed by atoms with Crippen LogP contribution in [0.2, 0.25) is 0 Å². The highest BCUT2D eigenvalue weighted by atomic mass is 32.2. The van der Waals surface area contributed by atoms with E-state index in [1.165, 1.54) is 38.4 Å². The van der Waals surface area contributed by atoms with Crippen molar-refractivity contribution in [1.82, 2.24) is 4.31 Å². The highest BCUT2D eigenvalue weighted by Gasteiger charge is 2.21. The van der Waals surface area contributed by atoms with Crippen molar-refractivity contribution >= 4 is 31.4 Å². The minimum atomic E-state index is -3.84. The summed E-state index contributed by atoms with van der Waals surface area (Å²) in [4.78, 5) is 0.100. The van der Waals surface area contributed by atoms with Gasteiger partial charge < -0.3 is 5.32 Å². The number of nitrogens with one attached hydrogen (secondary N) is 2. The van der Waals surface area contributed by atoms with Crippen LogP contribution in [0.3, 0.4) is 0 Å². The molecular formula is C16H21N3O4S2. The van der Waals surface area contributed by atoms with Gasteiger partial charge in [0.2, 0.25) is 10.0 Å². The van der Waals surface area contributed by atoms with Gasteiger partial charge in [0.25, 0.3) is 10.0 Å². The summed E-state index contributed by atoms with van der Waals surface area (Å²) in [6, 6.07) is 12.2. The van der Waals surface area contributed by atoms with E-state index >= 15 is 0 Å². The van der Waals surface area contributed by atoms with Gasteiger partial charge in [-0.05, 0) is 37.3 Å². The molecule has 0 aliphatic rings. The predicted octanol–water partition coefficient (Wildman–Crippen LogP) is 2.17. The Morgan fingerprint density at radius 2 is 1.52 bits per heavy atom. The van der Waals surface area contributed by atoms with Crippen LogP contribution in [0.5, 0.6) is 0 Å². The maximum Gasteiger partial charge on any atom is 0.261 e. The van der Waals surface area contributed by atoms with Crippen LogP contribution in [0.15, 0.2) is 58.3 Å². The van der Waals surface area contributed by atoms with E-state index < -0.39 is 20.0 Å². The lowest BCUT2D eigenvalue weighted by atomic mass is 10.2. The molecule has 0 fully saturated rings. The van der Waals surface area contributed by atoms with Gasteiger partial charge in [0.05, 0.1) is 21.2 Å². The molecule has 2 N–H and O–H groups in total.